The van der Waals surface area contributed by atoms with Gasteiger partial charge in [-0.05, 0) is 48.0 Å². The first-order valence-electron chi connectivity index (χ1n) is 10.0. The highest BCUT2D eigenvalue weighted by molar-refractivity contribution is 7.91. The van der Waals surface area contributed by atoms with Crippen molar-refractivity contribution in [3.8, 4) is 23.0 Å². The minimum Gasteiger partial charge on any atom is -0.486 e. The first-order valence-corrected chi connectivity index (χ1v) is 11.5. The van der Waals surface area contributed by atoms with E-state index in [-0.39, 0.29) is 28.2 Å². The second-order valence-corrected chi connectivity index (χ2v) is 9.05. The van der Waals surface area contributed by atoms with Crippen molar-refractivity contribution in [2.45, 2.75) is 16.5 Å². The number of pyridine rings is 1. The van der Waals surface area contributed by atoms with Crippen LogP contribution in [0.25, 0.3) is 11.5 Å². The molecule has 0 unspecified atom stereocenters. The lowest BCUT2D eigenvalue weighted by Gasteiger charge is -2.18. The highest BCUT2D eigenvalue weighted by atomic mass is 32.2. The molecule has 1 aliphatic heterocycles. The van der Waals surface area contributed by atoms with E-state index in [1.807, 2.05) is 6.07 Å². The Hall–Kier alpha value is -3.92. The summed E-state index contributed by atoms with van der Waals surface area (Å²) in [4.78, 5) is 8.29. The number of hydrogen-bond donors (Lipinski definition) is 1. The molecule has 0 fully saturated rings. The summed E-state index contributed by atoms with van der Waals surface area (Å²) < 4.78 is 57.2. The summed E-state index contributed by atoms with van der Waals surface area (Å²) in [7, 11) is -4.10. The monoisotopic (exact) mass is 467 g/mol. The summed E-state index contributed by atoms with van der Waals surface area (Å²) in [5.74, 6) is 0.397. The number of nitrogens with one attached hydrogen (secondary N) is 1. The number of rotatable bonds is 6. The molecule has 0 aliphatic carbocycles. The molecule has 0 radical (unpaired) electrons. The fourth-order valence-electron chi connectivity index (χ4n) is 3.30. The number of nitrogens with zero attached hydrogens (tertiary/aromatic N) is 2. The summed E-state index contributed by atoms with van der Waals surface area (Å²) >= 11 is 0. The molecule has 168 valence electrons. The van der Waals surface area contributed by atoms with Crippen LogP contribution in [-0.4, -0.2) is 31.6 Å². The predicted octanol–water partition coefficient (Wildman–Crippen LogP) is 4.09. The zero-order chi connectivity index (χ0) is 22.8. The smallest absolute Gasteiger partial charge is 0.234 e. The maximum Gasteiger partial charge on any atom is 0.234 e. The van der Waals surface area contributed by atoms with Gasteiger partial charge in [-0.2, -0.15) is 4.98 Å². The van der Waals surface area contributed by atoms with Crippen LogP contribution in [0.1, 0.15) is 5.56 Å². The number of halogens is 1. The molecule has 0 atom stereocenters. The van der Waals surface area contributed by atoms with Gasteiger partial charge >= 0.3 is 0 Å². The van der Waals surface area contributed by atoms with Crippen molar-refractivity contribution in [3.05, 3.63) is 78.4 Å². The van der Waals surface area contributed by atoms with Gasteiger partial charge < -0.3 is 19.2 Å². The van der Waals surface area contributed by atoms with Crippen molar-refractivity contribution < 1.29 is 26.7 Å². The number of benzene rings is 2. The number of aromatic nitrogens is 2. The standard InChI is InChI=1S/C23H18FN3O5S/c24-17-5-3-16(4-6-17)21-27-23(22(32-21)26-14-15-2-1-9-25-13-15)33(28,29)18-7-8-19-20(12-18)31-11-10-30-19/h1-9,12-13,26H,10-11,14H2. The van der Waals surface area contributed by atoms with Gasteiger partial charge in [-0.3, -0.25) is 4.98 Å². The SMILES string of the molecule is O=S(=O)(c1ccc2c(c1)OCCO2)c1nc(-c2ccc(F)cc2)oc1NCc1cccnc1. The minimum atomic E-state index is -4.10. The van der Waals surface area contributed by atoms with Gasteiger partial charge in [0.1, 0.15) is 19.0 Å². The van der Waals surface area contributed by atoms with E-state index in [4.69, 9.17) is 13.9 Å². The Balaban J connectivity index is 1.55. The van der Waals surface area contributed by atoms with Crippen LogP contribution < -0.4 is 14.8 Å². The van der Waals surface area contributed by atoms with E-state index in [9.17, 15) is 12.8 Å². The Labute approximate surface area is 188 Å². The van der Waals surface area contributed by atoms with E-state index in [0.29, 0.717) is 30.3 Å². The molecule has 4 aromatic rings. The minimum absolute atomic E-state index is 0.0184. The molecular weight excluding hydrogens is 449 g/mol. The summed E-state index contributed by atoms with van der Waals surface area (Å²) in [5.41, 5.74) is 1.25. The van der Waals surface area contributed by atoms with Gasteiger partial charge in [-0.1, -0.05) is 6.07 Å². The number of oxazole rings is 1. The van der Waals surface area contributed by atoms with Gasteiger partial charge in [0.2, 0.25) is 26.6 Å². The van der Waals surface area contributed by atoms with E-state index >= 15 is 0 Å². The maximum atomic E-state index is 13.5. The fraction of sp³-hybridized carbons (Fsp3) is 0.130. The summed E-state index contributed by atoms with van der Waals surface area (Å²) in [6, 6.07) is 13.4. The second-order valence-electron chi connectivity index (χ2n) is 7.18. The average Bonchev–Trinajstić information content (AvgIpc) is 3.29. The lowest BCUT2D eigenvalue weighted by Crippen LogP contribution is -2.16. The molecule has 0 saturated carbocycles. The summed E-state index contributed by atoms with van der Waals surface area (Å²) in [6.07, 6.45) is 3.29. The second kappa shape index (κ2) is 8.55. The highest BCUT2D eigenvalue weighted by Gasteiger charge is 2.30. The topological polar surface area (TPSA) is 104 Å². The molecule has 1 aliphatic rings. The van der Waals surface area contributed by atoms with Crippen molar-refractivity contribution >= 4 is 15.7 Å². The molecule has 8 nitrogen and oxygen atoms in total. The first kappa shape index (κ1) is 21.0. The van der Waals surface area contributed by atoms with Crippen molar-refractivity contribution in [1.82, 2.24) is 9.97 Å². The Morgan fingerprint density at radius 2 is 1.79 bits per heavy atom. The zero-order valence-electron chi connectivity index (χ0n) is 17.2. The summed E-state index contributed by atoms with van der Waals surface area (Å²) in [5, 5.41) is 2.70. The predicted molar refractivity (Wildman–Crippen MR) is 116 cm³/mol. The highest BCUT2D eigenvalue weighted by Crippen LogP contribution is 2.37. The molecule has 0 saturated heterocycles. The van der Waals surface area contributed by atoms with Crippen LogP contribution in [0.15, 0.2) is 81.3 Å². The van der Waals surface area contributed by atoms with Crippen LogP contribution in [0.2, 0.25) is 0 Å². The van der Waals surface area contributed by atoms with Crippen molar-refractivity contribution in [3.63, 3.8) is 0 Å². The van der Waals surface area contributed by atoms with Gasteiger partial charge in [0.25, 0.3) is 0 Å². The quantitative estimate of drug-likeness (QED) is 0.452. The lowest BCUT2D eigenvalue weighted by molar-refractivity contribution is 0.171. The molecule has 3 heterocycles. The number of hydrogen-bond acceptors (Lipinski definition) is 8. The van der Waals surface area contributed by atoms with Gasteiger partial charge in [-0.15, -0.1) is 0 Å². The van der Waals surface area contributed by atoms with Gasteiger partial charge in [-0.25, -0.2) is 12.8 Å². The third kappa shape index (κ3) is 4.24. The Bertz CT molecular complexity index is 1390. The van der Waals surface area contributed by atoms with Gasteiger partial charge in [0, 0.05) is 30.6 Å². The first-order chi connectivity index (χ1) is 16.0. The van der Waals surface area contributed by atoms with E-state index in [1.165, 1.54) is 36.4 Å². The van der Waals surface area contributed by atoms with Crippen LogP contribution in [0, 0.1) is 5.82 Å². The maximum absolute atomic E-state index is 13.5. The molecule has 0 amide bonds. The van der Waals surface area contributed by atoms with E-state index < -0.39 is 15.7 Å². The van der Waals surface area contributed by atoms with E-state index in [0.717, 1.165) is 5.56 Å². The van der Waals surface area contributed by atoms with Crippen LogP contribution >= 0.6 is 0 Å². The summed E-state index contributed by atoms with van der Waals surface area (Å²) in [6.45, 7) is 0.981. The normalized spacial score (nSPS) is 13.0. The number of fused-ring (bicyclic) bond motifs is 1. The molecule has 10 heteroatoms. The van der Waals surface area contributed by atoms with Crippen LogP contribution in [-0.2, 0) is 16.4 Å². The third-order valence-corrected chi connectivity index (χ3v) is 6.60. The van der Waals surface area contributed by atoms with Crippen LogP contribution in [0.3, 0.4) is 0 Å². The largest absolute Gasteiger partial charge is 0.486 e. The average molecular weight is 467 g/mol. The Morgan fingerprint density at radius 3 is 2.55 bits per heavy atom. The molecule has 0 bridgehead atoms. The number of sulfone groups is 1. The van der Waals surface area contributed by atoms with Gasteiger partial charge in [0.05, 0.1) is 4.90 Å². The van der Waals surface area contributed by atoms with Crippen LogP contribution in [0.5, 0.6) is 11.5 Å². The molecule has 1 N–H and O–H groups in total. The molecule has 5 rings (SSSR count). The van der Waals surface area contributed by atoms with Gasteiger partial charge in [0.15, 0.2) is 11.5 Å². The third-order valence-electron chi connectivity index (χ3n) is 4.94. The zero-order valence-corrected chi connectivity index (χ0v) is 18.0. The number of ether oxygens (including phenoxy) is 2. The van der Waals surface area contributed by atoms with E-state index in [2.05, 4.69) is 15.3 Å². The number of anilines is 1. The molecular formula is C23H18FN3O5S. The molecule has 0 spiro atoms. The lowest BCUT2D eigenvalue weighted by atomic mass is 10.2. The fourth-order valence-corrected chi connectivity index (χ4v) is 4.60. The van der Waals surface area contributed by atoms with Crippen molar-refractivity contribution in [1.29, 1.82) is 0 Å². The molecule has 2 aromatic heterocycles. The molecule has 2 aromatic carbocycles. The van der Waals surface area contributed by atoms with E-state index in [1.54, 1.807) is 24.5 Å². The van der Waals surface area contributed by atoms with Crippen LogP contribution in [0.4, 0.5) is 10.3 Å². The Morgan fingerprint density at radius 1 is 1.00 bits per heavy atom. The Kier molecular flexibility index (Phi) is 5.43. The van der Waals surface area contributed by atoms with Crippen molar-refractivity contribution in [2.24, 2.45) is 0 Å². The van der Waals surface area contributed by atoms with Crippen molar-refractivity contribution in [2.75, 3.05) is 18.5 Å². The molecule has 33 heavy (non-hydrogen) atoms.